The van der Waals surface area contributed by atoms with Crippen molar-refractivity contribution >= 4 is 64.4 Å². The molecule has 37 heavy (non-hydrogen) atoms. The summed E-state index contributed by atoms with van der Waals surface area (Å²) in [5.41, 5.74) is 8.51. The topological polar surface area (TPSA) is 123 Å². The van der Waals surface area contributed by atoms with Crippen LogP contribution in [0.5, 0.6) is 11.5 Å². The number of halogens is 2. The summed E-state index contributed by atoms with van der Waals surface area (Å²) >= 11 is 13.1. The number of hydrogen-bond acceptors (Lipinski definition) is 7. The molecule has 0 fully saturated rings. The van der Waals surface area contributed by atoms with Crippen LogP contribution in [-0.4, -0.2) is 43.2 Å². The first-order valence-corrected chi connectivity index (χ1v) is 11.8. The number of methoxy groups -OCH3 is 2. The summed E-state index contributed by atoms with van der Waals surface area (Å²) < 4.78 is 10.7. The molecule has 12 heteroatoms. The fourth-order valence-electron chi connectivity index (χ4n) is 3.94. The van der Waals surface area contributed by atoms with Crippen LogP contribution in [0.1, 0.15) is 16.7 Å². The van der Waals surface area contributed by atoms with Crippen molar-refractivity contribution in [1.82, 2.24) is 9.97 Å². The number of para-hydroxylation sites is 1. The third-order valence-electron chi connectivity index (χ3n) is 5.80. The van der Waals surface area contributed by atoms with Gasteiger partial charge < -0.3 is 20.5 Å². The number of hydrogen-bond donors (Lipinski definition) is 2. The van der Waals surface area contributed by atoms with Gasteiger partial charge in [0.1, 0.15) is 27.4 Å². The fourth-order valence-corrected chi connectivity index (χ4v) is 4.64. The summed E-state index contributed by atoms with van der Waals surface area (Å²) in [7, 11) is 4.52. The first kappa shape index (κ1) is 26.1. The average molecular weight is 543 g/mol. The van der Waals surface area contributed by atoms with E-state index in [-0.39, 0.29) is 28.2 Å². The first-order chi connectivity index (χ1) is 17.7. The summed E-state index contributed by atoms with van der Waals surface area (Å²) in [5.74, 6) is 0.762. The fraction of sp³-hybridized carbons (Fsp3) is 0.200. The summed E-state index contributed by atoms with van der Waals surface area (Å²) in [6.07, 6.45) is 4.51. The van der Waals surface area contributed by atoms with Crippen molar-refractivity contribution in [2.24, 2.45) is 5.73 Å². The number of benzene rings is 2. The van der Waals surface area contributed by atoms with E-state index in [0.717, 1.165) is 11.1 Å². The van der Waals surface area contributed by atoms with Gasteiger partial charge in [-0.3, -0.25) is 14.6 Å². The lowest BCUT2D eigenvalue weighted by Gasteiger charge is -2.35. The number of carbonyl (C=O) groups is 2. The predicted octanol–water partition coefficient (Wildman–Crippen LogP) is 4.93. The van der Waals surface area contributed by atoms with Crippen molar-refractivity contribution in [3.05, 3.63) is 63.3 Å². The molecular formula is C25H24Cl2N6O4. The Bertz CT molecular complexity index is 1400. The minimum absolute atomic E-state index is 0.117. The van der Waals surface area contributed by atoms with E-state index in [9.17, 15) is 9.59 Å². The van der Waals surface area contributed by atoms with Gasteiger partial charge in [0, 0.05) is 31.0 Å². The van der Waals surface area contributed by atoms with Crippen molar-refractivity contribution in [1.29, 1.82) is 0 Å². The molecule has 1 aromatic heterocycles. The van der Waals surface area contributed by atoms with Crippen LogP contribution in [0.25, 0.3) is 6.08 Å². The standard InChI is InChI=1S/C25H24Cl2N6O4/c1-13-6-5-7-14(8-9-18(28)34)21(13)30-24-29-11-15-12-33(25(35)32(2)23(15)31-24)22-19(26)16(36-3)10-17(37-4)20(22)27/h5-11H,12H2,1-4H3,(H2,28,34)(H,29,30,31). The highest BCUT2D eigenvalue weighted by Gasteiger charge is 2.35. The maximum absolute atomic E-state index is 13.4. The summed E-state index contributed by atoms with van der Waals surface area (Å²) in [6, 6.07) is 6.75. The SMILES string of the molecule is COc1cc(OC)c(Cl)c(N2Cc3cnc(Nc4c(C)cccc4C=CC(N)=O)nc3N(C)C2=O)c1Cl. The minimum Gasteiger partial charge on any atom is -0.495 e. The summed E-state index contributed by atoms with van der Waals surface area (Å²) in [4.78, 5) is 36.5. The van der Waals surface area contributed by atoms with Gasteiger partial charge in [0.2, 0.25) is 11.9 Å². The smallest absolute Gasteiger partial charge is 0.330 e. The van der Waals surface area contributed by atoms with Crippen molar-refractivity contribution < 1.29 is 19.1 Å². The van der Waals surface area contributed by atoms with E-state index in [1.807, 2.05) is 25.1 Å². The van der Waals surface area contributed by atoms with Crippen molar-refractivity contribution in [3.63, 3.8) is 0 Å². The third-order valence-corrected chi connectivity index (χ3v) is 6.53. The van der Waals surface area contributed by atoms with Crippen molar-refractivity contribution in [2.45, 2.75) is 13.5 Å². The van der Waals surface area contributed by atoms with Crippen LogP contribution < -0.4 is 30.3 Å². The highest BCUT2D eigenvalue weighted by atomic mass is 35.5. The molecule has 0 aliphatic carbocycles. The molecule has 0 spiro atoms. The molecule has 1 aliphatic heterocycles. The average Bonchev–Trinajstić information content (AvgIpc) is 2.87. The largest absolute Gasteiger partial charge is 0.495 e. The molecule has 3 amide bonds. The summed E-state index contributed by atoms with van der Waals surface area (Å²) in [5, 5.41) is 3.54. The summed E-state index contributed by atoms with van der Waals surface area (Å²) in [6.45, 7) is 2.03. The number of fused-ring (bicyclic) bond motifs is 1. The number of rotatable bonds is 7. The maximum Gasteiger partial charge on any atom is 0.330 e. The van der Waals surface area contributed by atoms with Crippen LogP contribution in [0.4, 0.5) is 27.9 Å². The number of nitrogens with one attached hydrogen (secondary N) is 1. The van der Waals surface area contributed by atoms with E-state index >= 15 is 0 Å². The van der Waals surface area contributed by atoms with Gasteiger partial charge in [-0.05, 0) is 24.1 Å². The highest BCUT2D eigenvalue weighted by molar-refractivity contribution is 6.42. The number of nitrogens with zero attached hydrogens (tertiary/aromatic N) is 4. The Morgan fingerprint density at radius 2 is 1.86 bits per heavy atom. The van der Waals surface area contributed by atoms with E-state index in [4.69, 9.17) is 38.4 Å². The van der Waals surface area contributed by atoms with E-state index in [1.165, 1.54) is 30.1 Å². The molecular weight excluding hydrogens is 519 g/mol. The number of urea groups is 1. The Balaban J connectivity index is 1.71. The Hall–Kier alpha value is -4.02. The molecule has 0 saturated heterocycles. The number of ether oxygens (including phenoxy) is 2. The second-order valence-corrected chi connectivity index (χ2v) is 8.88. The third kappa shape index (κ3) is 4.98. The maximum atomic E-state index is 13.4. The van der Waals surface area contributed by atoms with Gasteiger partial charge in [-0.25, -0.2) is 9.78 Å². The number of amides is 3. The monoisotopic (exact) mass is 542 g/mol. The molecule has 3 N–H and O–H groups in total. The van der Waals surface area contributed by atoms with Gasteiger partial charge in [0.15, 0.2) is 0 Å². The molecule has 0 saturated carbocycles. The van der Waals surface area contributed by atoms with Gasteiger partial charge in [-0.1, -0.05) is 41.4 Å². The van der Waals surface area contributed by atoms with Gasteiger partial charge in [-0.2, -0.15) is 4.98 Å². The molecule has 2 aromatic carbocycles. The minimum atomic E-state index is -0.559. The first-order valence-electron chi connectivity index (χ1n) is 11.0. The van der Waals surface area contributed by atoms with Crippen LogP contribution in [-0.2, 0) is 11.3 Å². The Kier molecular flexibility index (Phi) is 7.42. The number of aryl methyl sites for hydroxylation is 1. The van der Waals surface area contributed by atoms with E-state index in [1.54, 1.807) is 25.4 Å². The van der Waals surface area contributed by atoms with E-state index in [0.29, 0.717) is 28.6 Å². The van der Waals surface area contributed by atoms with E-state index in [2.05, 4.69) is 15.3 Å². The molecule has 192 valence electrons. The molecule has 1 aliphatic rings. The van der Waals surface area contributed by atoms with Gasteiger partial charge in [-0.15, -0.1) is 0 Å². The second-order valence-electron chi connectivity index (χ2n) is 8.13. The molecule has 4 rings (SSSR count). The van der Waals surface area contributed by atoms with Crippen molar-refractivity contribution in [3.8, 4) is 11.5 Å². The molecule has 0 atom stereocenters. The zero-order valence-corrected chi connectivity index (χ0v) is 22.0. The van der Waals surface area contributed by atoms with Crippen LogP contribution in [0, 0.1) is 6.92 Å². The number of anilines is 4. The predicted molar refractivity (Wildman–Crippen MR) is 144 cm³/mol. The molecule has 2 heterocycles. The van der Waals surface area contributed by atoms with Gasteiger partial charge in [0.05, 0.1) is 32.1 Å². The Labute approximate surface area is 223 Å². The molecule has 10 nitrogen and oxygen atoms in total. The lowest BCUT2D eigenvalue weighted by Crippen LogP contribution is -2.46. The number of carbonyl (C=O) groups excluding carboxylic acids is 2. The zero-order chi connectivity index (χ0) is 26.9. The Morgan fingerprint density at radius 1 is 1.19 bits per heavy atom. The number of aromatic nitrogens is 2. The van der Waals surface area contributed by atoms with Crippen LogP contribution in [0.3, 0.4) is 0 Å². The van der Waals surface area contributed by atoms with Gasteiger partial charge in [0.25, 0.3) is 0 Å². The number of nitrogens with two attached hydrogens (primary N) is 1. The zero-order valence-electron chi connectivity index (χ0n) is 20.5. The molecule has 0 unspecified atom stereocenters. The van der Waals surface area contributed by atoms with Crippen LogP contribution in [0.15, 0.2) is 36.5 Å². The Morgan fingerprint density at radius 3 is 2.49 bits per heavy atom. The van der Waals surface area contributed by atoms with E-state index < -0.39 is 11.9 Å². The normalized spacial score (nSPS) is 13.1. The highest BCUT2D eigenvalue weighted by Crippen LogP contribution is 2.47. The molecule has 0 bridgehead atoms. The van der Waals surface area contributed by atoms with Gasteiger partial charge >= 0.3 is 6.03 Å². The lowest BCUT2D eigenvalue weighted by atomic mass is 10.1. The second kappa shape index (κ2) is 10.5. The van der Waals surface area contributed by atoms with Crippen LogP contribution in [0.2, 0.25) is 10.0 Å². The molecule has 3 aromatic rings. The molecule has 0 radical (unpaired) electrons. The lowest BCUT2D eigenvalue weighted by molar-refractivity contribution is -0.113. The van der Waals surface area contributed by atoms with Crippen LogP contribution >= 0.6 is 23.2 Å². The van der Waals surface area contributed by atoms with Crippen molar-refractivity contribution in [2.75, 3.05) is 36.4 Å². The quantitative estimate of drug-likeness (QED) is 0.405. The number of primary amides is 1.